The number of amides is 1. The van der Waals surface area contributed by atoms with E-state index in [0.717, 1.165) is 11.3 Å². The minimum Gasteiger partial charge on any atom is -0.465 e. The van der Waals surface area contributed by atoms with Gasteiger partial charge in [-0.15, -0.1) is 0 Å². The molecule has 0 bridgehead atoms. The topological polar surface area (TPSA) is 81.2 Å². The molecule has 2 aromatic heterocycles. The first-order valence-electron chi connectivity index (χ1n) is 5.07. The normalized spacial score (nSPS) is 10.0. The maximum atomic E-state index is 11.9. The third kappa shape index (κ3) is 3.27. The molecule has 2 aromatic rings. The Bertz CT molecular complexity index is 629. The average Bonchev–Trinajstić information content (AvgIpc) is 2.86. The highest BCUT2D eigenvalue weighted by Gasteiger charge is 2.13. The first-order chi connectivity index (χ1) is 9.10. The van der Waals surface area contributed by atoms with Crippen LogP contribution in [0.4, 0.5) is 5.13 Å². The summed E-state index contributed by atoms with van der Waals surface area (Å²) in [6, 6.07) is 2.96. The standard InChI is InChI=1S/C11H8ClN3O3S/c1-18-10(17)7-5-14-11(19-7)15-9(16)6-2-3-13-8(12)4-6/h2-5H,1H3,(H,14,15,16). The van der Waals surface area contributed by atoms with E-state index in [9.17, 15) is 9.59 Å². The van der Waals surface area contributed by atoms with Crippen molar-refractivity contribution >= 4 is 39.9 Å². The Morgan fingerprint density at radius 2 is 2.21 bits per heavy atom. The third-order valence-corrected chi connectivity index (χ3v) is 3.20. The lowest BCUT2D eigenvalue weighted by molar-refractivity contribution is 0.0606. The molecule has 1 amide bonds. The van der Waals surface area contributed by atoms with Gasteiger partial charge in [-0.1, -0.05) is 22.9 Å². The van der Waals surface area contributed by atoms with Gasteiger partial charge >= 0.3 is 5.97 Å². The lowest BCUT2D eigenvalue weighted by Crippen LogP contribution is -2.11. The van der Waals surface area contributed by atoms with E-state index >= 15 is 0 Å². The largest absolute Gasteiger partial charge is 0.465 e. The van der Waals surface area contributed by atoms with Crippen LogP contribution >= 0.6 is 22.9 Å². The zero-order valence-corrected chi connectivity index (χ0v) is 11.3. The number of esters is 1. The lowest BCUT2D eigenvalue weighted by Gasteiger charge is -2.01. The molecule has 2 heterocycles. The monoisotopic (exact) mass is 297 g/mol. The van der Waals surface area contributed by atoms with Crippen molar-refractivity contribution in [3.05, 3.63) is 40.1 Å². The van der Waals surface area contributed by atoms with E-state index in [1.165, 1.54) is 31.6 Å². The second-order valence-electron chi connectivity index (χ2n) is 3.34. The molecule has 0 radical (unpaired) electrons. The van der Waals surface area contributed by atoms with Gasteiger partial charge in [0.25, 0.3) is 5.91 Å². The highest BCUT2D eigenvalue weighted by Crippen LogP contribution is 2.19. The van der Waals surface area contributed by atoms with Gasteiger partial charge in [-0.25, -0.2) is 14.8 Å². The van der Waals surface area contributed by atoms with Gasteiger partial charge in [0.2, 0.25) is 0 Å². The van der Waals surface area contributed by atoms with Gasteiger partial charge in [0.05, 0.1) is 13.3 Å². The molecule has 6 nitrogen and oxygen atoms in total. The smallest absolute Gasteiger partial charge is 0.349 e. The van der Waals surface area contributed by atoms with Crippen molar-refractivity contribution in [1.29, 1.82) is 0 Å². The number of thiazole rings is 1. The van der Waals surface area contributed by atoms with Gasteiger partial charge in [-0.2, -0.15) is 0 Å². The number of hydrogen-bond donors (Lipinski definition) is 1. The predicted molar refractivity (Wildman–Crippen MR) is 70.7 cm³/mol. The van der Waals surface area contributed by atoms with Gasteiger partial charge in [0.1, 0.15) is 10.0 Å². The van der Waals surface area contributed by atoms with Crippen molar-refractivity contribution in [3.63, 3.8) is 0 Å². The Morgan fingerprint density at radius 1 is 1.42 bits per heavy atom. The minimum atomic E-state index is -0.495. The summed E-state index contributed by atoms with van der Waals surface area (Å²) in [5.41, 5.74) is 0.356. The fraction of sp³-hybridized carbons (Fsp3) is 0.0909. The summed E-state index contributed by atoms with van der Waals surface area (Å²) in [4.78, 5) is 31.1. The Kier molecular flexibility index (Phi) is 4.08. The van der Waals surface area contributed by atoms with E-state index in [2.05, 4.69) is 20.0 Å². The molecular formula is C11H8ClN3O3S. The van der Waals surface area contributed by atoms with Crippen LogP contribution in [0, 0.1) is 0 Å². The zero-order chi connectivity index (χ0) is 13.8. The molecule has 2 rings (SSSR count). The quantitative estimate of drug-likeness (QED) is 0.694. The summed E-state index contributed by atoms with van der Waals surface area (Å²) >= 11 is 6.72. The summed E-state index contributed by atoms with van der Waals surface area (Å²) in [6.07, 6.45) is 2.77. The van der Waals surface area contributed by atoms with Crippen molar-refractivity contribution in [2.24, 2.45) is 0 Å². The molecule has 19 heavy (non-hydrogen) atoms. The molecule has 0 aliphatic carbocycles. The van der Waals surface area contributed by atoms with Crippen molar-refractivity contribution in [2.45, 2.75) is 0 Å². The number of ether oxygens (including phenoxy) is 1. The van der Waals surface area contributed by atoms with Crippen LogP contribution in [0.25, 0.3) is 0 Å². The van der Waals surface area contributed by atoms with Crippen LogP contribution in [0.15, 0.2) is 24.5 Å². The number of nitrogens with one attached hydrogen (secondary N) is 1. The van der Waals surface area contributed by atoms with Crippen LogP contribution in [-0.4, -0.2) is 29.0 Å². The van der Waals surface area contributed by atoms with Gasteiger partial charge < -0.3 is 4.74 Å². The molecule has 0 spiro atoms. The molecule has 0 unspecified atom stereocenters. The zero-order valence-electron chi connectivity index (χ0n) is 9.71. The first-order valence-corrected chi connectivity index (χ1v) is 6.26. The van der Waals surface area contributed by atoms with E-state index in [1.807, 2.05) is 0 Å². The molecule has 0 aliphatic heterocycles. The molecule has 0 saturated heterocycles. The highest BCUT2D eigenvalue weighted by atomic mass is 35.5. The second kappa shape index (κ2) is 5.77. The molecule has 1 N–H and O–H groups in total. The number of halogens is 1. The molecule has 0 aliphatic rings. The Hall–Kier alpha value is -1.99. The number of anilines is 1. The maximum Gasteiger partial charge on any atom is 0.349 e. The fourth-order valence-corrected chi connectivity index (χ4v) is 2.14. The average molecular weight is 298 g/mol. The molecule has 0 aromatic carbocycles. The van der Waals surface area contributed by atoms with Crippen molar-refractivity contribution in [1.82, 2.24) is 9.97 Å². The number of methoxy groups -OCH3 is 1. The second-order valence-corrected chi connectivity index (χ2v) is 4.76. The van der Waals surface area contributed by atoms with Crippen LogP contribution in [0.1, 0.15) is 20.0 Å². The Morgan fingerprint density at radius 3 is 2.89 bits per heavy atom. The summed E-state index contributed by atoms with van der Waals surface area (Å²) < 4.78 is 4.55. The van der Waals surface area contributed by atoms with Gasteiger partial charge in [-0.05, 0) is 12.1 Å². The highest BCUT2D eigenvalue weighted by molar-refractivity contribution is 7.17. The summed E-state index contributed by atoms with van der Waals surface area (Å²) in [5.74, 6) is -0.875. The van der Waals surface area contributed by atoms with E-state index in [0.29, 0.717) is 15.6 Å². The van der Waals surface area contributed by atoms with E-state index in [1.54, 1.807) is 0 Å². The van der Waals surface area contributed by atoms with Crippen LogP contribution < -0.4 is 5.32 Å². The minimum absolute atomic E-state index is 0.224. The first kappa shape index (κ1) is 13.4. The summed E-state index contributed by atoms with van der Waals surface area (Å²) in [7, 11) is 1.28. The number of hydrogen-bond acceptors (Lipinski definition) is 6. The molecule has 8 heteroatoms. The van der Waals surface area contributed by atoms with Crippen LogP contribution in [0.2, 0.25) is 5.15 Å². The predicted octanol–water partition coefficient (Wildman–Crippen LogP) is 2.23. The SMILES string of the molecule is COC(=O)c1cnc(NC(=O)c2ccnc(Cl)c2)s1. The van der Waals surface area contributed by atoms with Gasteiger partial charge in [-0.3, -0.25) is 10.1 Å². The number of nitrogens with zero attached hydrogens (tertiary/aromatic N) is 2. The van der Waals surface area contributed by atoms with E-state index < -0.39 is 5.97 Å². The van der Waals surface area contributed by atoms with E-state index in [-0.39, 0.29) is 11.1 Å². The molecule has 98 valence electrons. The summed E-state index contributed by atoms with van der Waals surface area (Å²) in [6.45, 7) is 0. The Labute approximate surface area is 117 Å². The van der Waals surface area contributed by atoms with Crippen LogP contribution in [-0.2, 0) is 4.74 Å². The molecule has 0 saturated carbocycles. The van der Waals surface area contributed by atoms with Gasteiger partial charge in [0, 0.05) is 11.8 Å². The number of rotatable bonds is 3. The van der Waals surface area contributed by atoms with Crippen LogP contribution in [0.3, 0.4) is 0 Å². The van der Waals surface area contributed by atoms with Crippen LogP contribution in [0.5, 0.6) is 0 Å². The molecule has 0 atom stereocenters. The number of carbonyl (C=O) groups excluding carboxylic acids is 2. The van der Waals surface area contributed by atoms with E-state index in [4.69, 9.17) is 11.6 Å². The Balaban J connectivity index is 2.11. The molecular weight excluding hydrogens is 290 g/mol. The molecule has 0 fully saturated rings. The third-order valence-electron chi connectivity index (χ3n) is 2.10. The van der Waals surface area contributed by atoms with Gasteiger partial charge in [0.15, 0.2) is 5.13 Å². The number of pyridine rings is 1. The van der Waals surface area contributed by atoms with Crippen molar-refractivity contribution < 1.29 is 14.3 Å². The van der Waals surface area contributed by atoms with Crippen molar-refractivity contribution in [2.75, 3.05) is 12.4 Å². The number of aromatic nitrogens is 2. The summed E-state index contributed by atoms with van der Waals surface area (Å²) in [5, 5.41) is 3.09. The van der Waals surface area contributed by atoms with Crippen molar-refractivity contribution in [3.8, 4) is 0 Å². The maximum absolute atomic E-state index is 11.9. The number of carbonyl (C=O) groups is 2. The lowest BCUT2D eigenvalue weighted by atomic mass is 10.2. The fourth-order valence-electron chi connectivity index (χ4n) is 1.24.